The lowest BCUT2D eigenvalue weighted by molar-refractivity contribution is -0.123. The van der Waals surface area contributed by atoms with E-state index in [4.69, 9.17) is 5.73 Å². The summed E-state index contributed by atoms with van der Waals surface area (Å²) in [6.45, 7) is 6.69. The number of rotatable bonds is 3. The molecule has 1 aliphatic rings. The highest BCUT2D eigenvalue weighted by Crippen LogP contribution is 2.23. The van der Waals surface area contributed by atoms with Gasteiger partial charge in [-0.2, -0.15) is 0 Å². The summed E-state index contributed by atoms with van der Waals surface area (Å²) in [5.74, 6) is 0.130. The Kier molecular flexibility index (Phi) is 4.28. The SMILES string of the molecule is CC(C)(CN)N1CCN(c2cccc(Br)c2)C(=O)C1. The normalized spacial score (nSPS) is 17.9. The lowest BCUT2D eigenvalue weighted by atomic mass is 10.0. The average molecular weight is 326 g/mol. The molecule has 0 aromatic heterocycles. The monoisotopic (exact) mass is 325 g/mol. The Morgan fingerprint density at radius 2 is 2.11 bits per heavy atom. The van der Waals surface area contributed by atoms with Gasteiger partial charge in [0.25, 0.3) is 0 Å². The lowest BCUT2D eigenvalue weighted by Crippen LogP contribution is -2.59. The van der Waals surface area contributed by atoms with E-state index < -0.39 is 0 Å². The molecule has 2 N–H and O–H groups in total. The minimum atomic E-state index is -0.126. The first kappa shape index (κ1) is 14.5. The maximum atomic E-state index is 12.3. The highest BCUT2D eigenvalue weighted by Gasteiger charge is 2.33. The molecule has 104 valence electrons. The Morgan fingerprint density at radius 1 is 1.37 bits per heavy atom. The number of piperazine rings is 1. The largest absolute Gasteiger partial charge is 0.329 e. The van der Waals surface area contributed by atoms with Gasteiger partial charge in [-0.1, -0.05) is 22.0 Å². The molecule has 1 heterocycles. The van der Waals surface area contributed by atoms with Crippen LogP contribution in [0.15, 0.2) is 28.7 Å². The van der Waals surface area contributed by atoms with Crippen molar-refractivity contribution in [1.82, 2.24) is 4.90 Å². The molecule has 0 atom stereocenters. The maximum absolute atomic E-state index is 12.3. The van der Waals surface area contributed by atoms with Crippen molar-refractivity contribution in [2.45, 2.75) is 19.4 Å². The zero-order valence-corrected chi connectivity index (χ0v) is 13.0. The number of nitrogens with two attached hydrogens (primary N) is 1. The summed E-state index contributed by atoms with van der Waals surface area (Å²) in [5.41, 5.74) is 6.60. The second-order valence-electron chi connectivity index (χ2n) is 5.46. The number of amides is 1. The smallest absolute Gasteiger partial charge is 0.241 e. The Morgan fingerprint density at radius 3 is 2.68 bits per heavy atom. The molecule has 0 aliphatic carbocycles. The third kappa shape index (κ3) is 3.16. The lowest BCUT2D eigenvalue weighted by Gasteiger charge is -2.43. The molecule has 2 rings (SSSR count). The summed E-state index contributed by atoms with van der Waals surface area (Å²) in [5, 5.41) is 0. The van der Waals surface area contributed by atoms with E-state index in [1.54, 1.807) is 0 Å². The number of benzene rings is 1. The minimum absolute atomic E-state index is 0.126. The van der Waals surface area contributed by atoms with Crippen molar-refractivity contribution in [2.75, 3.05) is 31.1 Å². The highest BCUT2D eigenvalue weighted by atomic mass is 79.9. The van der Waals surface area contributed by atoms with Crippen LogP contribution in [0, 0.1) is 0 Å². The summed E-state index contributed by atoms with van der Waals surface area (Å²) >= 11 is 3.44. The van der Waals surface area contributed by atoms with Gasteiger partial charge in [-0.25, -0.2) is 0 Å². The van der Waals surface area contributed by atoms with E-state index in [0.29, 0.717) is 19.6 Å². The fourth-order valence-electron chi connectivity index (χ4n) is 2.24. The summed E-state index contributed by atoms with van der Waals surface area (Å²) in [6.07, 6.45) is 0. The van der Waals surface area contributed by atoms with E-state index in [1.807, 2.05) is 29.2 Å². The Labute approximate surface area is 122 Å². The van der Waals surface area contributed by atoms with Crippen LogP contribution in [0.25, 0.3) is 0 Å². The van der Waals surface area contributed by atoms with Crippen molar-refractivity contribution in [1.29, 1.82) is 0 Å². The molecule has 1 saturated heterocycles. The molecular formula is C14H20BrN3O. The van der Waals surface area contributed by atoms with Crippen LogP contribution in [0.4, 0.5) is 5.69 Å². The molecule has 0 saturated carbocycles. The average Bonchev–Trinajstić information content (AvgIpc) is 2.38. The first-order valence-electron chi connectivity index (χ1n) is 6.45. The van der Waals surface area contributed by atoms with Crippen LogP contribution in [0.1, 0.15) is 13.8 Å². The first-order chi connectivity index (χ1) is 8.94. The van der Waals surface area contributed by atoms with E-state index >= 15 is 0 Å². The minimum Gasteiger partial charge on any atom is -0.329 e. The molecule has 0 bridgehead atoms. The topological polar surface area (TPSA) is 49.6 Å². The van der Waals surface area contributed by atoms with Gasteiger partial charge in [-0.05, 0) is 32.0 Å². The zero-order valence-electron chi connectivity index (χ0n) is 11.4. The third-order valence-corrected chi connectivity index (χ3v) is 4.19. The number of hydrogen-bond acceptors (Lipinski definition) is 3. The highest BCUT2D eigenvalue weighted by molar-refractivity contribution is 9.10. The van der Waals surface area contributed by atoms with Gasteiger partial charge >= 0.3 is 0 Å². The van der Waals surface area contributed by atoms with Crippen molar-refractivity contribution in [3.8, 4) is 0 Å². The molecule has 1 aromatic carbocycles. The number of hydrogen-bond donors (Lipinski definition) is 1. The number of halogens is 1. The molecule has 5 heteroatoms. The number of carbonyl (C=O) groups is 1. The van der Waals surface area contributed by atoms with Crippen molar-refractivity contribution in [3.63, 3.8) is 0 Å². The van der Waals surface area contributed by atoms with Gasteiger partial charge in [0.05, 0.1) is 6.54 Å². The standard InChI is InChI=1S/C14H20BrN3O/c1-14(2,10-16)17-6-7-18(13(19)9-17)12-5-3-4-11(15)8-12/h3-5,8H,6-7,9-10,16H2,1-2H3. The van der Waals surface area contributed by atoms with E-state index in [9.17, 15) is 4.79 Å². The summed E-state index contributed by atoms with van der Waals surface area (Å²) in [6, 6.07) is 7.85. The van der Waals surface area contributed by atoms with Gasteiger partial charge in [0.1, 0.15) is 0 Å². The Hall–Kier alpha value is -0.910. The molecular weight excluding hydrogens is 306 g/mol. The van der Waals surface area contributed by atoms with Crippen molar-refractivity contribution >= 4 is 27.5 Å². The molecule has 4 nitrogen and oxygen atoms in total. The third-order valence-electron chi connectivity index (χ3n) is 3.70. The van der Waals surface area contributed by atoms with Crippen molar-refractivity contribution in [2.24, 2.45) is 5.73 Å². The van der Waals surface area contributed by atoms with E-state index in [2.05, 4.69) is 34.7 Å². The van der Waals surface area contributed by atoms with Crippen LogP contribution in [-0.2, 0) is 4.79 Å². The van der Waals surface area contributed by atoms with Gasteiger partial charge in [-0.3, -0.25) is 9.69 Å². The quantitative estimate of drug-likeness (QED) is 0.922. The number of anilines is 1. The molecule has 0 radical (unpaired) electrons. The Balaban J connectivity index is 2.12. The van der Waals surface area contributed by atoms with Crippen LogP contribution < -0.4 is 10.6 Å². The zero-order chi connectivity index (χ0) is 14.0. The molecule has 0 unspecified atom stereocenters. The fraction of sp³-hybridized carbons (Fsp3) is 0.500. The van der Waals surface area contributed by atoms with E-state index in [0.717, 1.165) is 16.7 Å². The van der Waals surface area contributed by atoms with E-state index in [1.165, 1.54) is 0 Å². The van der Waals surface area contributed by atoms with E-state index in [-0.39, 0.29) is 11.4 Å². The first-order valence-corrected chi connectivity index (χ1v) is 7.24. The maximum Gasteiger partial charge on any atom is 0.241 e. The molecule has 1 fully saturated rings. The van der Waals surface area contributed by atoms with Crippen molar-refractivity contribution in [3.05, 3.63) is 28.7 Å². The molecule has 0 spiro atoms. The van der Waals surface area contributed by atoms with Crippen LogP contribution in [0.3, 0.4) is 0 Å². The second kappa shape index (κ2) is 5.61. The molecule has 1 amide bonds. The van der Waals surface area contributed by atoms with Crippen molar-refractivity contribution < 1.29 is 4.79 Å². The van der Waals surface area contributed by atoms with Crippen LogP contribution >= 0.6 is 15.9 Å². The predicted octanol–water partition coefficient (Wildman–Crippen LogP) is 1.83. The molecule has 19 heavy (non-hydrogen) atoms. The van der Waals surface area contributed by atoms with Gasteiger partial charge < -0.3 is 10.6 Å². The van der Waals surface area contributed by atoms with Gasteiger partial charge in [0.2, 0.25) is 5.91 Å². The molecule has 1 aliphatic heterocycles. The van der Waals surface area contributed by atoms with Gasteiger partial charge in [0.15, 0.2) is 0 Å². The Bertz CT molecular complexity index is 476. The van der Waals surface area contributed by atoms with Crippen LogP contribution in [-0.4, -0.2) is 42.5 Å². The second-order valence-corrected chi connectivity index (χ2v) is 6.38. The summed E-state index contributed by atoms with van der Waals surface area (Å²) in [4.78, 5) is 16.3. The summed E-state index contributed by atoms with van der Waals surface area (Å²) in [7, 11) is 0. The van der Waals surface area contributed by atoms with Gasteiger partial charge in [-0.15, -0.1) is 0 Å². The van der Waals surface area contributed by atoms with Gasteiger partial charge in [0, 0.05) is 35.3 Å². The van der Waals surface area contributed by atoms with Crippen LogP contribution in [0.2, 0.25) is 0 Å². The fourth-order valence-corrected chi connectivity index (χ4v) is 2.62. The van der Waals surface area contributed by atoms with Crippen LogP contribution in [0.5, 0.6) is 0 Å². The predicted molar refractivity (Wildman–Crippen MR) is 81.2 cm³/mol. The molecule has 1 aromatic rings. The number of nitrogens with zero attached hydrogens (tertiary/aromatic N) is 2. The summed E-state index contributed by atoms with van der Waals surface area (Å²) < 4.78 is 0.988. The number of carbonyl (C=O) groups excluding carboxylic acids is 1.